The van der Waals surface area contributed by atoms with Crippen LogP contribution in [0.1, 0.15) is 28.3 Å². The maximum absolute atomic E-state index is 13.1. The highest BCUT2D eigenvalue weighted by Crippen LogP contribution is 2.20. The van der Waals surface area contributed by atoms with Crippen molar-refractivity contribution in [2.75, 3.05) is 7.05 Å². The molecule has 5 nitrogen and oxygen atoms in total. The lowest BCUT2D eigenvalue weighted by molar-refractivity contribution is 0.313. The lowest BCUT2D eigenvalue weighted by atomic mass is 10.2. The van der Waals surface area contributed by atoms with Gasteiger partial charge in [0.2, 0.25) is 0 Å². The van der Waals surface area contributed by atoms with Gasteiger partial charge >= 0.3 is 0 Å². The van der Waals surface area contributed by atoms with E-state index in [1.807, 2.05) is 25.5 Å². The van der Waals surface area contributed by atoms with E-state index < -0.39 is 0 Å². The van der Waals surface area contributed by atoms with Crippen molar-refractivity contribution in [2.24, 2.45) is 0 Å². The molecule has 0 atom stereocenters. The Labute approximate surface area is 141 Å². The summed E-state index contributed by atoms with van der Waals surface area (Å²) in [6.07, 6.45) is 0. The van der Waals surface area contributed by atoms with E-state index in [4.69, 9.17) is 0 Å². The minimum atomic E-state index is -0.241. The number of nitrogens with zero attached hydrogens (tertiary/aromatic N) is 4. The van der Waals surface area contributed by atoms with Crippen molar-refractivity contribution < 1.29 is 4.39 Å². The van der Waals surface area contributed by atoms with Gasteiger partial charge in [-0.3, -0.25) is 10.00 Å². The smallest absolute Gasteiger partial charge is 0.123 e. The van der Waals surface area contributed by atoms with Gasteiger partial charge in [0.1, 0.15) is 5.82 Å². The largest absolute Gasteiger partial charge is 0.296 e. The van der Waals surface area contributed by atoms with Gasteiger partial charge in [0.15, 0.2) is 0 Å². The van der Waals surface area contributed by atoms with Crippen LogP contribution in [0.3, 0.4) is 0 Å². The molecular formula is C18H22FN5. The van der Waals surface area contributed by atoms with Crippen molar-refractivity contribution in [3.8, 4) is 5.69 Å². The highest BCUT2D eigenvalue weighted by molar-refractivity contribution is 5.37. The fourth-order valence-electron chi connectivity index (χ4n) is 2.90. The fourth-order valence-corrected chi connectivity index (χ4v) is 2.90. The third kappa shape index (κ3) is 3.38. The molecule has 3 aromatic rings. The van der Waals surface area contributed by atoms with Gasteiger partial charge in [0, 0.05) is 30.0 Å². The first-order chi connectivity index (χ1) is 11.4. The van der Waals surface area contributed by atoms with Crippen LogP contribution in [0.25, 0.3) is 5.69 Å². The van der Waals surface area contributed by atoms with Crippen LogP contribution in [-0.4, -0.2) is 31.9 Å². The van der Waals surface area contributed by atoms with Crippen molar-refractivity contribution in [3.05, 3.63) is 64.5 Å². The minimum absolute atomic E-state index is 0.241. The zero-order valence-corrected chi connectivity index (χ0v) is 14.5. The van der Waals surface area contributed by atoms with E-state index in [0.717, 1.165) is 41.6 Å². The van der Waals surface area contributed by atoms with Crippen molar-refractivity contribution in [1.29, 1.82) is 0 Å². The second-order valence-electron chi connectivity index (χ2n) is 6.25. The van der Waals surface area contributed by atoms with Crippen LogP contribution in [0, 0.1) is 26.6 Å². The number of nitrogens with one attached hydrogen (secondary N) is 1. The standard InChI is InChI=1S/C18H22FN5/c1-12-9-16(21-20-12)10-23(4)11-18-13(2)22-24(14(18)3)17-7-5-15(19)6-8-17/h5-9H,10-11H2,1-4H3,(H,20,21). The fraction of sp³-hybridized carbons (Fsp3) is 0.333. The second kappa shape index (κ2) is 6.57. The lowest BCUT2D eigenvalue weighted by Gasteiger charge is -2.15. The van der Waals surface area contributed by atoms with Crippen molar-refractivity contribution in [2.45, 2.75) is 33.9 Å². The Morgan fingerprint density at radius 3 is 2.46 bits per heavy atom. The highest BCUT2D eigenvalue weighted by atomic mass is 19.1. The van der Waals surface area contributed by atoms with E-state index in [-0.39, 0.29) is 5.82 Å². The Morgan fingerprint density at radius 1 is 1.12 bits per heavy atom. The van der Waals surface area contributed by atoms with Crippen molar-refractivity contribution in [3.63, 3.8) is 0 Å². The van der Waals surface area contributed by atoms with Crippen molar-refractivity contribution >= 4 is 0 Å². The van der Waals surface area contributed by atoms with E-state index in [2.05, 4.69) is 33.3 Å². The second-order valence-corrected chi connectivity index (χ2v) is 6.25. The number of H-pyrrole nitrogens is 1. The van der Waals surface area contributed by atoms with Crippen LogP contribution in [0.4, 0.5) is 4.39 Å². The number of aromatic amines is 1. The Balaban J connectivity index is 1.79. The first kappa shape index (κ1) is 16.4. The molecule has 0 unspecified atom stereocenters. The van der Waals surface area contributed by atoms with Gasteiger partial charge in [0.25, 0.3) is 0 Å². The van der Waals surface area contributed by atoms with E-state index in [1.165, 1.54) is 17.7 Å². The number of aryl methyl sites for hydroxylation is 2. The van der Waals surface area contributed by atoms with Crippen LogP contribution >= 0.6 is 0 Å². The zero-order valence-electron chi connectivity index (χ0n) is 14.5. The summed E-state index contributed by atoms with van der Waals surface area (Å²) >= 11 is 0. The average Bonchev–Trinajstić information content (AvgIpc) is 3.06. The van der Waals surface area contributed by atoms with Gasteiger partial charge in [0.05, 0.1) is 17.1 Å². The Morgan fingerprint density at radius 2 is 1.83 bits per heavy atom. The first-order valence-electron chi connectivity index (χ1n) is 7.94. The molecule has 0 saturated heterocycles. The monoisotopic (exact) mass is 327 g/mol. The molecule has 1 aromatic carbocycles. The molecule has 3 rings (SSSR count). The summed E-state index contributed by atoms with van der Waals surface area (Å²) in [7, 11) is 2.07. The van der Waals surface area contributed by atoms with E-state index >= 15 is 0 Å². The molecule has 6 heteroatoms. The molecule has 0 amide bonds. The van der Waals surface area contributed by atoms with Gasteiger partial charge in [-0.25, -0.2) is 9.07 Å². The summed E-state index contributed by atoms with van der Waals surface area (Å²) in [5, 5.41) is 11.9. The maximum Gasteiger partial charge on any atom is 0.123 e. The Hall–Kier alpha value is -2.47. The van der Waals surface area contributed by atoms with Gasteiger partial charge in [-0.1, -0.05) is 0 Å². The topological polar surface area (TPSA) is 49.7 Å². The SMILES string of the molecule is Cc1cc(CN(C)Cc2c(C)nn(-c3ccc(F)cc3)c2C)n[nH]1. The molecule has 0 saturated carbocycles. The van der Waals surface area contributed by atoms with E-state index in [1.54, 1.807) is 12.1 Å². The molecule has 0 aliphatic rings. The van der Waals surface area contributed by atoms with Gasteiger partial charge in [-0.15, -0.1) is 0 Å². The Kier molecular flexibility index (Phi) is 4.49. The third-order valence-electron chi connectivity index (χ3n) is 4.13. The maximum atomic E-state index is 13.1. The predicted octanol–water partition coefficient (Wildman–Crippen LogP) is 3.29. The van der Waals surface area contributed by atoms with E-state index in [9.17, 15) is 4.39 Å². The molecule has 2 aromatic heterocycles. The quantitative estimate of drug-likeness (QED) is 0.782. The highest BCUT2D eigenvalue weighted by Gasteiger charge is 2.15. The number of hydrogen-bond donors (Lipinski definition) is 1. The summed E-state index contributed by atoms with van der Waals surface area (Å²) in [5.74, 6) is -0.241. The number of hydrogen-bond acceptors (Lipinski definition) is 3. The van der Waals surface area contributed by atoms with Crippen LogP contribution < -0.4 is 0 Å². The predicted molar refractivity (Wildman–Crippen MR) is 91.5 cm³/mol. The average molecular weight is 327 g/mol. The molecule has 0 aliphatic carbocycles. The first-order valence-corrected chi connectivity index (χ1v) is 7.94. The van der Waals surface area contributed by atoms with Gasteiger partial charge in [-0.2, -0.15) is 10.2 Å². The summed E-state index contributed by atoms with van der Waals surface area (Å²) < 4.78 is 15.0. The number of halogens is 1. The molecule has 0 radical (unpaired) electrons. The zero-order chi connectivity index (χ0) is 17.3. The molecule has 0 bridgehead atoms. The lowest BCUT2D eigenvalue weighted by Crippen LogP contribution is -2.18. The van der Waals surface area contributed by atoms with Crippen LogP contribution in [0.5, 0.6) is 0 Å². The normalized spacial score (nSPS) is 11.4. The van der Waals surface area contributed by atoms with Crippen LogP contribution in [0.2, 0.25) is 0 Å². The third-order valence-corrected chi connectivity index (χ3v) is 4.13. The molecule has 0 aliphatic heterocycles. The van der Waals surface area contributed by atoms with Gasteiger partial charge < -0.3 is 0 Å². The summed E-state index contributed by atoms with van der Waals surface area (Å²) in [5.41, 5.74) is 6.21. The molecule has 24 heavy (non-hydrogen) atoms. The van der Waals surface area contributed by atoms with Crippen LogP contribution in [0.15, 0.2) is 30.3 Å². The number of aromatic nitrogens is 4. The van der Waals surface area contributed by atoms with Crippen LogP contribution in [-0.2, 0) is 13.1 Å². The summed E-state index contributed by atoms with van der Waals surface area (Å²) in [6, 6.07) is 8.46. The Bertz CT molecular complexity index is 832. The molecule has 0 spiro atoms. The number of rotatable bonds is 5. The molecule has 1 N–H and O–H groups in total. The van der Waals surface area contributed by atoms with E-state index in [0.29, 0.717) is 0 Å². The summed E-state index contributed by atoms with van der Waals surface area (Å²) in [4.78, 5) is 2.21. The molecule has 0 fully saturated rings. The molecule has 2 heterocycles. The number of benzene rings is 1. The minimum Gasteiger partial charge on any atom is -0.296 e. The van der Waals surface area contributed by atoms with Crippen molar-refractivity contribution in [1.82, 2.24) is 24.9 Å². The summed E-state index contributed by atoms with van der Waals surface area (Å²) in [6.45, 7) is 7.60. The molecule has 126 valence electrons. The molecular weight excluding hydrogens is 305 g/mol. The van der Waals surface area contributed by atoms with Gasteiger partial charge in [-0.05, 0) is 58.2 Å².